The molecule has 0 aliphatic heterocycles. The van der Waals surface area contributed by atoms with Crippen molar-refractivity contribution in [3.05, 3.63) is 35.6 Å². The average Bonchev–Trinajstić information content (AvgIpc) is 2.21. The molecule has 1 amide bonds. The van der Waals surface area contributed by atoms with Crippen LogP contribution in [-0.4, -0.2) is 19.0 Å². The lowest BCUT2D eigenvalue weighted by molar-refractivity contribution is -0.120. The molecule has 3 N–H and O–H groups in total. The maximum Gasteiger partial charge on any atom is 0.221 e. The zero-order valence-corrected chi connectivity index (χ0v) is 9.73. The van der Waals surface area contributed by atoms with E-state index in [1.54, 1.807) is 18.2 Å². The number of nitrogens with one attached hydrogen (secondary N) is 1. The van der Waals surface area contributed by atoms with Gasteiger partial charge in [-0.25, -0.2) is 4.39 Å². The first-order chi connectivity index (χ1) is 7.24. The minimum absolute atomic E-state index is 0. The largest absolute Gasteiger partial charge is 0.356 e. The lowest BCUT2D eigenvalue weighted by atomic mass is 10.1. The number of amides is 1. The summed E-state index contributed by atoms with van der Waals surface area (Å²) in [7, 11) is 0. The van der Waals surface area contributed by atoms with E-state index in [1.807, 2.05) is 0 Å². The third-order valence-electron chi connectivity index (χ3n) is 2.05. The van der Waals surface area contributed by atoms with E-state index in [0.717, 1.165) is 0 Å². The second-order valence-corrected chi connectivity index (χ2v) is 3.23. The Bertz CT molecular complexity index is 334. The van der Waals surface area contributed by atoms with E-state index in [9.17, 15) is 9.18 Å². The van der Waals surface area contributed by atoms with Gasteiger partial charge >= 0.3 is 0 Å². The van der Waals surface area contributed by atoms with Crippen LogP contribution in [0.5, 0.6) is 0 Å². The summed E-state index contributed by atoms with van der Waals surface area (Å²) in [5.41, 5.74) is 5.83. The minimum atomic E-state index is -0.231. The van der Waals surface area contributed by atoms with Gasteiger partial charge in [-0.2, -0.15) is 0 Å². The van der Waals surface area contributed by atoms with Gasteiger partial charge in [-0.3, -0.25) is 4.79 Å². The molecular weight excluding hydrogens is 231 g/mol. The number of nitrogens with two attached hydrogens (primary N) is 1. The van der Waals surface area contributed by atoms with Gasteiger partial charge in [0, 0.05) is 19.5 Å². The molecule has 0 aromatic heterocycles. The Morgan fingerprint density at radius 1 is 1.38 bits per heavy atom. The summed E-state index contributed by atoms with van der Waals surface area (Å²) in [5.74, 6) is -0.320. The fourth-order valence-corrected chi connectivity index (χ4v) is 1.26. The van der Waals surface area contributed by atoms with Crippen molar-refractivity contribution in [2.24, 2.45) is 5.73 Å². The summed E-state index contributed by atoms with van der Waals surface area (Å²) < 4.78 is 13.1. The number of halogens is 2. The van der Waals surface area contributed by atoms with Gasteiger partial charge in [-0.15, -0.1) is 12.4 Å². The van der Waals surface area contributed by atoms with Crippen molar-refractivity contribution < 1.29 is 9.18 Å². The number of benzene rings is 1. The summed E-state index contributed by atoms with van der Waals surface area (Å²) in [6.45, 7) is 0.783. The molecule has 3 nitrogen and oxygen atoms in total. The Morgan fingerprint density at radius 2 is 2.06 bits per heavy atom. The molecule has 0 heterocycles. The highest BCUT2D eigenvalue weighted by Gasteiger charge is 2.02. The monoisotopic (exact) mass is 246 g/mol. The van der Waals surface area contributed by atoms with E-state index >= 15 is 0 Å². The van der Waals surface area contributed by atoms with Crippen molar-refractivity contribution in [3.8, 4) is 0 Å². The van der Waals surface area contributed by atoms with Crippen molar-refractivity contribution in [1.82, 2.24) is 5.32 Å². The number of hydrogen-bond donors (Lipinski definition) is 2. The molecule has 0 saturated heterocycles. The van der Waals surface area contributed by atoms with Gasteiger partial charge in [0.2, 0.25) is 5.91 Å². The molecular formula is C11H16ClFN2O. The van der Waals surface area contributed by atoms with Gasteiger partial charge in [0.15, 0.2) is 0 Å². The molecule has 1 rings (SSSR count). The normalized spacial score (nSPS) is 9.38. The van der Waals surface area contributed by atoms with Crippen LogP contribution in [0.4, 0.5) is 4.39 Å². The fraction of sp³-hybridized carbons (Fsp3) is 0.364. The van der Waals surface area contributed by atoms with E-state index in [0.29, 0.717) is 31.5 Å². The van der Waals surface area contributed by atoms with Crippen molar-refractivity contribution >= 4 is 18.3 Å². The molecule has 0 unspecified atom stereocenters. The van der Waals surface area contributed by atoms with Gasteiger partial charge < -0.3 is 11.1 Å². The molecule has 5 heteroatoms. The Balaban J connectivity index is 0.00000225. The smallest absolute Gasteiger partial charge is 0.221 e. The maximum atomic E-state index is 13.1. The molecule has 0 fully saturated rings. The van der Waals surface area contributed by atoms with Crippen molar-refractivity contribution in [2.45, 2.75) is 12.8 Å². The van der Waals surface area contributed by atoms with Crippen molar-refractivity contribution in [3.63, 3.8) is 0 Å². The molecule has 16 heavy (non-hydrogen) atoms. The molecule has 1 aromatic carbocycles. The molecule has 0 spiro atoms. The molecule has 0 saturated carbocycles. The summed E-state index contributed by atoms with van der Waals surface area (Å²) >= 11 is 0. The predicted molar refractivity (Wildman–Crippen MR) is 64.0 cm³/mol. The highest BCUT2D eigenvalue weighted by Crippen LogP contribution is 2.05. The predicted octanol–water partition coefficient (Wildman–Crippen LogP) is 1.25. The zero-order valence-electron chi connectivity index (χ0n) is 8.91. The topological polar surface area (TPSA) is 55.1 Å². The first-order valence-electron chi connectivity index (χ1n) is 4.94. The van der Waals surface area contributed by atoms with Gasteiger partial charge in [0.25, 0.3) is 0 Å². The quantitative estimate of drug-likeness (QED) is 0.822. The molecule has 0 bridgehead atoms. The maximum absolute atomic E-state index is 13.1. The number of rotatable bonds is 5. The second-order valence-electron chi connectivity index (χ2n) is 3.23. The molecule has 0 atom stereocenters. The lowest BCUT2D eigenvalue weighted by Crippen LogP contribution is -2.27. The van der Waals surface area contributed by atoms with Crippen LogP contribution in [0.3, 0.4) is 0 Å². The lowest BCUT2D eigenvalue weighted by Gasteiger charge is -2.05. The zero-order chi connectivity index (χ0) is 11.1. The summed E-state index contributed by atoms with van der Waals surface area (Å²) in [6, 6.07) is 6.55. The summed E-state index contributed by atoms with van der Waals surface area (Å²) in [6.07, 6.45) is 0.820. The Morgan fingerprint density at radius 3 is 2.69 bits per heavy atom. The average molecular weight is 247 g/mol. The molecule has 1 aromatic rings. The Labute approximate surface area is 101 Å². The van der Waals surface area contributed by atoms with Crippen molar-refractivity contribution in [1.29, 1.82) is 0 Å². The van der Waals surface area contributed by atoms with Gasteiger partial charge in [-0.05, 0) is 18.1 Å². The molecule has 0 aliphatic carbocycles. The van der Waals surface area contributed by atoms with Crippen LogP contribution in [0, 0.1) is 5.82 Å². The number of hydrogen-bond acceptors (Lipinski definition) is 2. The van der Waals surface area contributed by atoms with E-state index in [2.05, 4.69) is 5.32 Å². The van der Waals surface area contributed by atoms with E-state index in [4.69, 9.17) is 5.73 Å². The molecule has 0 aliphatic rings. The van der Waals surface area contributed by atoms with Crippen LogP contribution in [0.2, 0.25) is 0 Å². The molecule has 90 valence electrons. The van der Waals surface area contributed by atoms with Crippen LogP contribution in [0.15, 0.2) is 24.3 Å². The van der Waals surface area contributed by atoms with Gasteiger partial charge in [-0.1, -0.05) is 18.2 Å². The Kier molecular flexibility index (Phi) is 7.50. The van der Waals surface area contributed by atoms with Crippen LogP contribution in [0.1, 0.15) is 12.0 Å². The first kappa shape index (κ1) is 14.9. The summed E-state index contributed by atoms with van der Waals surface area (Å²) in [5, 5.41) is 2.67. The van der Waals surface area contributed by atoms with Crippen LogP contribution < -0.4 is 11.1 Å². The minimum Gasteiger partial charge on any atom is -0.356 e. The second kappa shape index (κ2) is 8.07. The van der Waals surface area contributed by atoms with Crippen LogP contribution >= 0.6 is 12.4 Å². The van der Waals surface area contributed by atoms with E-state index in [-0.39, 0.29) is 24.1 Å². The highest BCUT2D eigenvalue weighted by atomic mass is 35.5. The van der Waals surface area contributed by atoms with Crippen molar-refractivity contribution in [2.75, 3.05) is 13.1 Å². The Hall–Kier alpha value is -1.13. The third-order valence-corrected chi connectivity index (χ3v) is 2.05. The summed E-state index contributed by atoms with van der Waals surface area (Å²) in [4.78, 5) is 11.0. The fourth-order valence-electron chi connectivity index (χ4n) is 1.26. The number of carbonyl (C=O) groups is 1. The van der Waals surface area contributed by atoms with Gasteiger partial charge in [0.05, 0.1) is 0 Å². The van der Waals surface area contributed by atoms with Crippen LogP contribution in [0.25, 0.3) is 0 Å². The first-order valence-corrected chi connectivity index (χ1v) is 4.94. The van der Waals surface area contributed by atoms with Gasteiger partial charge in [0.1, 0.15) is 5.82 Å². The molecule has 0 radical (unpaired) electrons. The standard InChI is InChI=1S/C11H15FN2O.ClH/c12-10-4-2-1-3-9(10)6-8-14-11(15)5-7-13;/h1-4H,5-8,13H2,(H,14,15);1H. The SMILES string of the molecule is Cl.NCCC(=O)NCCc1ccccc1F. The van der Waals surface area contributed by atoms with E-state index < -0.39 is 0 Å². The third kappa shape index (κ3) is 5.09. The number of carbonyl (C=O) groups excluding carboxylic acids is 1. The highest BCUT2D eigenvalue weighted by molar-refractivity contribution is 5.85. The van der Waals surface area contributed by atoms with Crippen LogP contribution in [-0.2, 0) is 11.2 Å². The van der Waals surface area contributed by atoms with E-state index in [1.165, 1.54) is 6.07 Å².